The van der Waals surface area contributed by atoms with Crippen molar-refractivity contribution in [2.75, 3.05) is 13.6 Å². The number of fused-ring (bicyclic) bond motifs is 1. The molecule has 1 aliphatic heterocycles. The SMILES string of the molecule is CNCc1ccccc1CN1CCCC2CCCC21. The number of likely N-dealkylation sites (tertiary alicyclic amines) is 1. The van der Waals surface area contributed by atoms with Gasteiger partial charge < -0.3 is 5.32 Å². The average Bonchev–Trinajstić information content (AvgIpc) is 2.91. The zero-order chi connectivity index (χ0) is 13.1. The van der Waals surface area contributed by atoms with Crippen molar-refractivity contribution in [1.82, 2.24) is 10.2 Å². The molecule has 0 spiro atoms. The fourth-order valence-electron chi connectivity index (χ4n) is 4.05. The second-order valence-electron chi connectivity index (χ2n) is 6.17. The summed E-state index contributed by atoms with van der Waals surface area (Å²) in [4.78, 5) is 2.76. The Morgan fingerprint density at radius 2 is 1.89 bits per heavy atom. The summed E-state index contributed by atoms with van der Waals surface area (Å²) in [6, 6.07) is 9.79. The van der Waals surface area contributed by atoms with Crippen LogP contribution in [0, 0.1) is 5.92 Å². The van der Waals surface area contributed by atoms with Crippen LogP contribution in [-0.4, -0.2) is 24.5 Å². The largest absolute Gasteiger partial charge is 0.316 e. The quantitative estimate of drug-likeness (QED) is 0.892. The Labute approximate surface area is 117 Å². The van der Waals surface area contributed by atoms with Crippen molar-refractivity contribution < 1.29 is 0 Å². The number of nitrogens with zero attached hydrogens (tertiary/aromatic N) is 1. The van der Waals surface area contributed by atoms with E-state index >= 15 is 0 Å². The first-order chi connectivity index (χ1) is 9.38. The lowest BCUT2D eigenvalue weighted by Gasteiger charge is -2.38. The van der Waals surface area contributed by atoms with Crippen LogP contribution >= 0.6 is 0 Å². The zero-order valence-electron chi connectivity index (χ0n) is 12.1. The summed E-state index contributed by atoms with van der Waals surface area (Å²) in [7, 11) is 2.03. The first-order valence-corrected chi connectivity index (χ1v) is 7.84. The van der Waals surface area contributed by atoms with Gasteiger partial charge in [-0.1, -0.05) is 30.7 Å². The topological polar surface area (TPSA) is 15.3 Å². The molecule has 2 nitrogen and oxygen atoms in total. The molecular formula is C17H26N2. The molecule has 1 aliphatic carbocycles. The van der Waals surface area contributed by atoms with Crippen molar-refractivity contribution in [3.8, 4) is 0 Å². The molecule has 3 rings (SSSR count). The van der Waals surface area contributed by atoms with Crippen molar-refractivity contribution in [3.63, 3.8) is 0 Å². The molecule has 0 bridgehead atoms. The third-order valence-corrected chi connectivity index (χ3v) is 4.97. The first-order valence-electron chi connectivity index (χ1n) is 7.84. The van der Waals surface area contributed by atoms with E-state index in [1.165, 1.54) is 49.8 Å². The maximum absolute atomic E-state index is 3.29. The van der Waals surface area contributed by atoms with Gasteiger partial charge in [-0.3, -0.25) is 4.90 Å². The summed E-state index contributed by atoms with van der Waals surface area (Å²) >= 11 is 0. The van der Waals surface area contributed by atoms with Gasteiger partial charge in [-0.05, 0) is 56.3 Å². The van der Waals surface area contributed by atoms with Gasteiger partial charge in [-0.15, -0.1) is 0 Å². The molecule has 2 atom stereocenters. The van der Waals surface area contributed by atoms with Crippen LogP contribution in [0.25, 0.3) is 0 Å². The predicted octanol–water partition coefficient (Wildman–Crippen LogP) is 3.17. The highest BCUT2D eigenvalue weighted by Gasteiger charge is 2.34. The van der Waals surface area contributed by atoms with E-state index in [1.807, 2.05) is 7.05 Å². The standard InChI is InChI=1S/C17H26N2/c1-18-12-15-6-2-3-7-16(15)13-19-11-5-9-14-8-4-10-17(14)19/h2-3,6-7,14,17-18H,4-5,8-13H2,1H3. The van der Waals surface area contributed by atoms with Gasteiger partial charge in [-0.2, -0.15) is 0 Å². The minimum Gasteiger partial charge on any atom is -0.316 e. The minimum absolute atomic E-state index is 0.872. The van der Waals surface area contributed by atoms with Gasteiger partial charge in [0.05, 0.1) is 0 Å². The summed E-state index contributed by atoms with van der Waals surface area (Å²) in [5, 5.41) is 3.29. The average molecular weight is 258 g/mol. The Bertz CT molecular complexity index is 415. The molecule has 0 aromatic heterocycles. The summed E-state index contributed by atoms with van der Waals surface area (Å²) in [5.41, 5.74) is 2.98. The molecule has 0 amide bonds. The van der Waals surface area contributed by atoms with E-state index in [-0.39, 0.29) is 0 Å². The molecule has 1 aromatic rings. The van der Waals surface area contributed by atoms with Crippen LogP contribution in [0.1, 0.15) is 43.2 Å². The molecule has 1 heterocycles. The van der Waals surface area contributed by atoms with Crippen LogP contribution in [0.3, 0.4) is 0 Å². The molecule has 2 heteroatoms. The predicted molar refractivity (Wildman–Crippen MR) is 80.0 cm³/mol. The lowest BCUT2D eigenvalue weighted by molar-refractivity contribution is 0.105. The molecule has 1 saturated carbocycles. The van der Waals surface area contributed by atoms with Crippen LogP contribution in [-0.2, 0) is 13.1 Å². The van der Waals surface area contributed by atoms with Gasteiger partial charge in [0.1, 0.15) is 0 Å². The van der Waals surface area contributed by atoms with E-state index in [0.717, 1.165) is 25.0 Å². The number of hydrogen-bond donors (Lipinski definition) is 1. The van der Waals surface area contributed by atoms with Gasteiger partial charge in [0.15, 0.2) is 0 Å². The molecule has 1 N–H and O–H groups in total. The van der Waals surface area contributed by atoms with E-state index in [9.17, 15) is 0 Å². The Balaban J connectivity index is 1.73. The maximum Gasteiger partial charge on any atom is 0.0240 e. The Kier molecular flexibility index (Phi) is 4.19. The third-order valence-electron chi connectivity index (χ3n) is 4.97. The van der Waals surface area contributed by atoms with Gasteiger partial charge in [0.2, 0.25) is 0 Å². The summed E-state index contributed by atoms with van der Waals surface area (Å²) in [6.45, 7) is 3.44. The summed E-state index contributed by atoms with van der Waals surface area (Å²) in [5.74, 6) is 0.991. The molecule has 1 saturated heterocycles. The monoisotopic (exact) mass is 258 g/mol. The van der Waals surface area contributed by atoms with Crippen molar-refractivity contribution in [3.05, 3.63) is 35.4 Å². The lowest BCUT2D eigenvalue weighted by atomic mass is 9.91. The maximum atomic E-state index is 3.29. The Morgan fingerprint density at radius 1 is 1.11 bits per heavy atom. The second-order valence-corrected chi connectivity index (χ2v) is 6.17. The fraction of sp³-hybridized carbons (Fsp3) is 0.647. The van der Waals surface area contributed by atoms with Crippen LogP contribution in [0.5, 0.6) is 0 Å². The highest BCUT2D eigenvalue weighted by atomic mass is 15.2. The number of rotatable bonds is 4. The Hall–Kier alpha value is -0.860. The van der Waals surface area contributed by atoms with E-state index in [1.54, 1.807) is 0 Å². The van der Waals surface area contributed by atoms with Gasteiger partial charge in [0.25, 0.3) is 0 Å². The molecule has 2 fully saturated rings. The van der Waals surface area contributed by atoms with Crippen LogP contribution < -0.4 is 5.32 Å². The van der Waals surface area contributed by atoms with E-state index < -0.39 is 0 Å². The third kappa shape index (κ3) is 2.85. The normalized spacial score (nSPS) is 27.4. The van der Waals surface area contributed by atoms with Crippen molar-refractivity contribution in [1.29, 1.82) is 0 Å². The fourth-order valence-corrected chi connectivity index (χ4v) is 4.05. The number of piperidine rings is 1. The molecule has 19 heavy (non-hydrogen) atoms. The molecule has 2 aliphatic rings. The van der Waals surface area contributed by atoms with Crippen LogP contribution in [0.15, 0.2) is 24.3 Å². The highest BCUT2D eigenvalue weighted by Crippen LogP contribution is 2.37. The van der Waals surface area contributed by atoms with Crippen LogP contribution in [0.4, 0.5) is 0 Å². The summed E-state index contributed by atoms with van der Waals surface area (Å²) < 4.78 is 0. The molecule has 2 unspecified atom stereocenters. The number of benzene rings is 1. The van der Waals surface area contributed by atoms with Gasteiger partial charge >= 0.3 is 0 Å². The smallest absolute Gasteiger partial charge is 0.0240 e. The highest BCUT2D eigenvalue weighted by molar-refractivity contribution is 5.27. The lowest BCUT2D eigenvalue weighted by Crippen LogP contribution is -2.42. The molecule has 1 aromatic carbocycles. The van der Waals surface area contributed by atoms with Crippen LogP contribution in [0.2, 0.25) is 0 Å². The Morgan fingerprint density at radius 3 is 2.74 bits per heavy atom. The number of nitrogens with one attached hydrogen (secondary N) is 1. The zero-order valence-corrected chi connectivity index (χ0v) is 12.1. The van der Waals surface area contributed by atoms with E-state index in [4.69, 9.17) is 0 Å². The number of hydrogen-bond acceptors (Lipinski definition) is 2. The molecule has 104 valence electrons. The van der Waals surface area contributed by atoms with Crippen molar-refractivity contribution in [2.45, 2.75) is 51.2 Å². The van der Waals surface area contributed by atoms with Crippen molar-refractivity contribution in [2.24, 2.45) is 5.92 Å². The molecular weight excluding hydrogens is 232 g/mol. The van der Waals surface area contributed by atoms with Gasteiger partial charge in [0, 0.05) is 19.1 Å². The van der Waals surface area contributed by atoms with E-state index in [2.05, 4.69) is 34.5 Å². The van der Waals surface area contributed by atoms with Gasteiger partial charge in [-0.25, -0.2) is 0 Å². The minimum atomic E-state index is 0.872. The van der Waals surface area contributed by atoms with E-state index in [0.29, 0.717) is 0 Å². The second kappa shape index (κ2) is 6.06. The molecule has 0 radical (unpaired) electrons. The summed E-state index contributed by atoms with van der Waals surface area (Å²) in [6.07, 6.45) is 7.22. The first kappa shape index (κ1) is 13.1. The van der Waals surface area contributed by atoms with Crippen molar-refractivity contribution >= 4 is 0 Å².